The Morgan fingerprint density at radius 3 is 2.74 bits per heavy atom. The van der Waals surface area contributed by atoms with Crippen molar-refractivity contribution in [3.05, 3.63) is 47.7 Å². The molecule has 1 aromatic heterocycles. The van der Waals surface area contributed by atoms with Gasteiger partial charge in [0.15, 0.2) is 5.15 Å². The van der Waals surface area contributed by atoms with Crippen molar-refractivity contribution >= 4 is 27.3 Å². The minimum Gasteiger partial charge on any atom is -0.497 e. The fraction of sp³-hybridized carbons (Fsp3) is 0.0833. The molecule has 0 aliphatic heterocycles. The van der Waals surface area contributed by atoms with Gasteiger partial charge in [-0.15, -0.1) is 0 Å². The van der Waals surface area contributed by atoms with Crippen molar-refractivity contribution in [1.82, 2.24) is 4.98 Å². The standard InChI is InChI=1S/C12H11ClN2O3S/c1-18-9-4-2-5-10(8-9)19(16,17)15-11-6-3-7-14-12(11)13/h2-8,15H,1H3. The van der Waals surface area contributed by atoms with Gasteiger partial charge < -0.3 is 4.74 Å². The van der Waals surface area contributed by atoms with E-state index in [4.69, 9.17) is 16.3 Å². The second-order valence-corrected chi connectivity index (χ2v) is 5.67. The fourth-order valence-electron chi connectivity index (χ4n) is 1.43. The molecule has 2 aromatic rings. The second-order valence-electron chi connectivity index (χ2n) is 3.63. The zero-order valence-corrected chi connectivity index (χ0v) is 11.6. The van der Waals surface area contributed by atoms with Crippen LogP contribution in [0.1, 0.15) is 0 Å². The third kappa shape index (κ3) is 3.15. The maximum Gasteiger partial charge on any atom is 0.262 e. The summed E-state index contributed by atoms with van der Waals surface area (Å²) in [6.07, 6.45) is 1.48. The Bertz CT molecular complexity index is 689. The number of ether oxygens (including phenoxy) is 1. The van der Waals surface area contributed by atoms with Gasteiger partial charge in [0.1, 0.15) is 5.75 Å². The van der Waals surface area contributed by atoms with Gasteiger partial charge in [0.25, 0.3) is 10.0 Å². The molecule has 100 valence electrons. The van der Waals surface area contributed by atoms with Crippen molar-refractivity contribution in [2.45, 2.75) is 4.90 Å². The van der Waals surface area contributed by atoms with Crippen LogP contribution in [0.15, 0.2) is 47.5 Å². The van der Waals surface area contributed by atoms with E-state index in [-0.39, 0.29) is 15.7 Å². The SMILES string of the molecule is COc1cccc(S(=O)(=O)Nc2cccnc2Cl)c1. The summed E-state index contributed by atoms with van der Waals surface area (Å²) in [5.41, 5.74) is 0.229. The minimum atomic E-state index is -3.72. The molecule has 0 radical (unpaired) electrons. The van der Waals surface area contributed by atoms with Gasteiger partial charge in [0.2, 0.25) is 0 Å². The molecule has 0 amide bonds. The molecule has 1 N–H and O–H groups in total. The number of rotatable bonds is 4. The number of pyridine rings is 1. The molecule has 2 rings (SSSR count). The van der Waals surface area contributed by atoms with Crippen LogP contribution in [0.25, 0.3) is 0 Å². The number of nitrogens with zero attached hydrogens (tertiary/aromatic N) is 1. The summed E-state index contributed by atoms with van der Waals surface area (Å²) in [6, 6.07) is 9.28. The highest BCUT2D eigenvalue weighted by atomic mass is 35.5. The van der Waals surface area contributed by atoms with Crippen molar-refractivity contribution in [2.24, 2.45) is 0 Å². The number of nitrogens with one attached hydrogen (secondary N) is 1. The number of halogens is 1. The Hall–Kier alpha value is -1.79. The highest BCUT2D eigenvalue weighted by Gasteiger charge is 2.16. The number of benzene rings is 1. The summed E-state index contributed by atoms with van der Waals surface area (Å²) in [7, 11) is -2.25. The molecule has 0 spiro atoms. The minimum absolute atomic E-state index is 0.0896. The van der Waals surface area contributed by atoms with E-state index in [1.54, 1.807) is 18.2 Å². The first-order chi connectivity index (χ1) is 9.03. The lowest BCUT2D eigenvalue weighted by Gasteiger charge is -2.09. The molecular weight excluding hydrogens is 288 g/mol. The molecule has 1 heterocycles. The summed E-state index contributed by atoms with van der Waals surface area (Å²) in [4.78, 5) is 3.89. The normalized spacial score (nSPS) is 11.1. The number of aromatic nitrogens is 1. The highest BCUT2D eigenvalue weighted by Crippen LogP contribution is 2.23. The molecule has 1 aromatic carbocycles. The molecule has 0 aliphatic rings. The average molecular weight is 299 g/mol. The molecule has 19 heavy (non-hydrogen) atoms. The lowest BCUT2D eigenvalue weighted by Crippen LogP contribution is -2.13. The van der Waals surface area contributed by atoms with Gasteiger partial charge in [0.05, 0.1) is 17.7 Å². The lowest BCUT2D eigenvalue weighted by molar-refractivity contribution is 0.413. The van der Waals surface area contributed by atoms with E-state index in [1.165, 1.54) is 31.5 Å². The molecular formula is C12H11ClN2O3S. The molecule has 0 bridgehead atoms. The van der Waals surface area contributed by atoms with E-state index < -0.39 is 10.0 Å². The first kappa shape index (κ1) is 13.6. The number of hydrogen-bond acceptors (Lipinski definition) is 4. The fourth-order valence-corrected chi connectivity index (χ4v) is 2.76. The first-order valence-corrected chi connectivity index (χ1v) is 7.16. The van der Waals surface area contributed by atoms with Crippen molar-refractivity contribution in [3.8, 4) is 5.75 Å². The van der Waals surface area contributed by atoms with E-state index in [1.807, 2.05) is 0 Å². The van der Waals surface area contributed by atoms with Gasteiger partial charge in [-0.3, -0.25) is 4.72 Å². The summed E-state index contributed by atoms with van der Waals surface area (Å²) in [5, 5.41) is 0.0916. The third-order valence-electron chi connectivity index (χ3n) is 2.35. The van der Waals surface area contributed by atoms with Crippen molar-refractivity contribution in [1.29, 1.82) is 0 Å². The molecule has 0 saturated carbocycles. The van der Waals surface area contributed by atoms with E-state index in [0.29, 0.717) is 5.75 Å². The average Bonchev–Trinajstić information content (AvgIpc) is 2.41. The zero-order valence-electron chi connectivity index (χ0n) is 10.00. The van der Waals surface area contributed by atoms with Crippen molar-refractivity contribution in [3.63, 3.8) is 0 Å². The van der Waals surface area contributed by atoms with Gasteiger partial charge in [-0.25, -0.2) is 13.4 Å². The Balaban J connectivity index is 2.35. The quantitative estimate of drug-likeness (QED) is 0.881. The van der Waals surface area contributed by atoms with Gasteiger partial charge in [0, 0.05) is 12.3 Å². The molecule has 0 atom stereocenters. The van der Waals surface area contributed by atoms with Crippen molar-refractivity contribution in [2.75, 3.05) is 11.8 Å². The first-order valence-electron chi connectivity index (χ1n) is 5.30. The Kier molecular flexibility index (Phi) is 3.92. The van der Waals surface area contributed by atoms with Gasteiger partial charge in [-0.2, -0.15) is 0 Å². The Labute approximate surface area is 116 Å². The smallest absolute Gasteiger partial charge is 0.262 e. The summed E-state index contributed by atoms with van der Waals surface area (Å²) >= 11 is 5.81. The van der Waals surface area contributed by atoms with Crippen molar-refractivity contribution < 1.29 is 13.2 Å². The summed E-state index contributed by atoms with van der Waals surface area (Å²) in [5.74, 6) is 0.458. The molecule has 0 aliphatic carbocycles. The van der Waals surface area contributed by atoms with Gasteiger partial charge in [-0.05, 0) is 24.3 Å². The van der Waals surface area contributed by atoms with Crippen LogP contribution < -0.4 is 9.46 Å². The topological polar surface area (TPSA) is 68.3 Å². The molecule has 5 nitrogen and oxygen atoms in total. The third-order valence-corrected chi connectivity index (χ3v) is 4.02. The predicted octanol–water partition coefficient (Wildman–Crippen LogP) is 2.54. The van der Waals surface area contributed by atoms with Crippen LogP contribution >= 0.6 is 11.6 Å². The lowest BCUT2D eigenvalue weighted by atomic mass is 10.3. The van der Waals surface area contributed by atoms with Crippen LogP contribution in [-0.4, -0.2) is 20.5 Å². The molecule has 0 fully saturated rings. The number of hydrogen-bond donors (Lipinski definition) is 1. The van der Waals surface area contributed by atoms with Crippen LogP contribution in [0.2, 0.25) is 5.15 Å². The van der Waals surface area contributed by atoms with E-state index in [0.717, 1.165) is 0 Å². The van der Waals surface area contributed by atoms with Crippen LogP contribution in [0.5, 0.6) is 5.75 Å². The Morgan fingerprint density at radius 1 is 1.26 bits per heavy atom. The monoisotopic (exact) mass is 298 g/mol. The van der Waals surface area contributed by atoms with Crippen LogP contribution in [0.3, 0.4) is 0 Å². The van der Waals surface area contributed by atoms with E-state index in [2.05, 4.69) is 9.71 Å². The second kappa shape index (κ2) is 5.46. The molecule has 7 heteroatoms. The zero-order chi connectivity index (χ0) is 13.9. The largest absolute Gasteiger partial charge is 0.497 e. The van der Waals surface area contributed by atoms with Crippen LogP contribution in [0, 0.1) is 0 Å². The van der Waals surface area contributed by atoms with Crippen LogP contribution in [0.4, 0.5) is 5.69 Å². The molecule has 0 unspecified atom stereocenters. The predicted molar refractivity (Wildman–Crippen MR) is 73.0 cm³/mol. The molecule has 0 saturated heterocycles. The Morgan fingerprint density at radius 2 is 2.05 bits per heavy atom. The van der Waals surface area contributed by atoms with E-state index in [9.17, 15) is 8.42 Å². The number of anilines is 1. The maximum atomic E-state index is 12.2. The number of sulfonamides is 1. The summed E-state index contributed by atoms with van der Waals surface area (Å²) < 4.78 is 31.7. The van der Waals surface area contributed by atoms with Gasteiger partial charge >= 0.3 is 0 Å². The number of methoxy groups -OCH3 is 1. The van der Waals surface area contributed by atoms with Gasteiger partial charge in [-0.1, -0.05) is 17.7 Å². The summed E-state index contributed by atoms with van der Waals surface area (Å²) in [6.45, 7) is 0. The van der Waals surface area contributed by atoms with Crippen LogP contribution in [-0.2, 0) is 10.0 Å². The maximum absolute atomic E-state index is 12.2. The highest BCUT2D eigenvalue weighted by molar-refractivity contribution is 7.92. The van der Waals surface area contributed by atoms with E-state index >= 15 is 0 Å².